The Morgan fingerprint density at radius 1 is 1.73 bits per heavy atom. The zero-order chi connectivity index (χ0) is 8.10. The molecule has 0 aromatic heterocycles. The van der Waals surface area contributed by atoms with Crippen molar-refractivity contribution in [1.82, 2.24) is 0 Å². The van der Waals surface area contributed by atoms with E-state index in [1.54, 1.807) is 7.11 Å². The number of hydrogen-bond donors (Lipinski definition) is 0. The Hall–Kier alpha value is -1.24. The molecule has 1 radical (unpaired) electrons. The summed E-state index contributed by atoms with van der Waals surface area (Å²) in [6, 6.07) is 8.79. The third kappa shape index (κ3) is 2.11. The number of hydrogen-bond acceptors (Lipinski definition) is 1. The molecule has 0 aliphatic rings. The van der Waals surface area contributed by atoms with Crippen LogP contribution in [0.1, 0.15) is 5.56 Å². The van der Waals surface area contributed by atoms with Crippen LogP contribution in [0.3, 0.4) is 0 Å². The van der Waals surface area contributed by atoms with Gasteiger partial charge in [-0.15, -0.1) is 6.58 Å². The smallest absolute Gasteiger partial charge is 0.119 e. The van der Waals surface area contributed by atoms with Crippen LogP contribution < -0.4 is 4.74 Å². The first kappa shape index (κ1) is 7.86. The van der Waals surface area contributed by atoms with Gasteiger partial charge in [0.15, 0.2) is 0 Å². The van der Waals surface area contributed by atoms with E-state index in [1.165, 1.54) is 0 Å². The van der Waals surface area contributed by atoms with E-state index in [1.807, 2.05) is 24.3 Å². The molecular formula is C10H11O. The minimum absolute atomic E-state index is 0.844. The highest BCUT2D eigenvalue weighted by Crippen LogP contribution is 2.12. The van der Waals surface area contributed by atoms with Gasteiger partial charge in [0.1, 0.15) is 5.75 Å². The lowest BCUT2D eigenvalue weighted by molar-refractivity contribution is 0.414. The maximum Gasteiger partial charge on any atom is 0.119 e. The second-order valence-corrected chi connectivity index (χ2v) is 2.25. The molecule has 0 unspecified atom stereocenters. The van der Waals surface area contributed by atoms with Gasteiger partial charge in [-0.05, 0) is 30.2 Å². The van der Waals surface area contributed by atoms with Gasteiger partial charge in [0.2, 0.25) is 0 Å². The van der Waals surface area contributed by atoms with Crippen LogP contribution in [-0.2, 0) is 6.42 Å². The fourth-order valence-corrected chi connectivity index (χ4v) is 0.893. The van der Waals surface area contributed by atoms with Gasteiger partial charge < -0.3 is 4.74 Å². The van der Waals surface area contributed by atoms with Gasteiger partial charge >= 0.3 is 0 Å². The van der Waals surface area contributed by atoms with Crippen LogP contribution in [-0.4, -0.2) is 7.11 Å². The van der Waals surface area contributed by atoms with E-state index >= 15 is 0 Å². The van der Waals surface area contributed by atoms with E-state index in [0.29, 0.717) is 0 Å². The van der Waals surface area contributed by atoms with Gasteiger partial charge in [0, 0.05) is 0 Å². The van der Waals surface area contributed by atoms with Gasteiger partial charge in [-0.1, -0.05) is 12.1 Å². The lowest BCUT2D eigenvalue weighted by Gasteiger charge is -2.00. The highest BCUT2D eigenvalue weighted by molar-refractivity contribution is 5.28. The third-order valence-corrected chi connectivity index (χ3v) is 1.43. The van der Waals surface area contributed by atoms with Crippen LogP contribution in [0, 0.1) is 6.07 Å². The Morgan fingerprint density at radius 3 is 3.18 bits per heavy atom. The van der Waals surface area contributed by atoms with E-state index in [9.17, 15) is 0 Å². The van der Waals surface area contributed by atoms with Crippen molar-refractivity contribution in [2.24, 2.45) is 0 Å². The molecule has 0 aliphatic heterocycles. The number of allylic oxidation sites excluding steroid dienone is 1. The van der Waals surface area contributed by atoms with Crippen molar-refractivity contribution in [3.63, 3.8) is 0 Å². The first-order chi connectivity index (χ1) is 5.36. The largest absolute Gasteiger partial charge is 0.497 e. The summed E-state index contributed by atoms with van der Waals surface area (Å²) in [7, 11) is 1.66. The quantitative estimate of drug-likeness (QED) is 0.596. The van der Waals surface area contributed by atoms with Crippen LogP contribution in [0.4, 0.5) is 0 Å². The number of rotatable bonds is 3. The van der Waals surface area contributed by atoms with Crippen LogP contribution in [0.2, 0.25) is 0 Å². The summed E-state index contributed by atoms with van der Waals surface area (Å²) in [6.07, 6.45) is 2.70. The van der Waals surface area contributed by atoms with Crippen molar-refractivity contribution in [2.75, 3.05) is 7.11 Å². The number of methoxy groups -OCH3 is 1. The molecule has 1 aromatic rings. The summed E-state index contributed by atoms with van der Waals surface area (Å²) in [5.41, 5.74) is 1.11. The molecule has 0 fully saturated rings. The number of ether oxygens (including phenoxy) is 1. The van der Waals surface area contributed by atoms with Gasteiger partial charge in [-0.3, -0.25) is 0 Å². The van der Waals surface area contributed by atoms with Gasteiger partial charge in [0.25, 0.3) is 0 Å². The van der Waals surface area contributed by atoms with E-state index in [4.69, 9.17) is 4.74 Å². The van der Waals surface area contributed by atoms with Crippen molar-refractivity contribution >= 4 is 0 Å². The van der Waals surface area contributed by atoms with Gasteiger partial charge in [0.05, 0.1) is 7.11 Å². The molecule has 0 atom stereocenters. The Balaban J connectivity index is 2.82. The molecule has 1 nitrogen and oxygen atoms in total. The number of benzene rings is 1. The average molecular weight is 147 g/mol. The minimum atomic E-state index is 0.844. The Kier molecular flexibility index (Phi) is 2.73. The molecule has 0 bridgehead atoms. The maximum absolute atomic E-state index is 5.05. The van der Waals surface area contributed by atoms with Crippen molar-refractivity contribution < 1.29 is 4.74 Å². The third-order valence-electron chi connectivity index (χ3n) is 1.43. The molecule has 0 saturated carbocycles. The summed E-state index contributed by atoms with van der Waals surface area (Å²) < 4.78 is 5.05. The van der Waals surface area contributed by atoms with Gasteiger partial charge in [-0.25, -0.2) is 0 Å². The molecule has 0 spiro atoms. The zero-order valence-electron chi connectivity index (χ0n) is 6.63. The van der Waals surface area contributed by atoms with Gasteiger partial charge in [-0.2, -0.15) is 0 Å². The zero-order valence-corrected chi connectivity index (χ0v) is 6.63. The predicted octanol–water partition coefficient (Wildman–Crippen LogP) is 2.22. The second-order valence-electron chi connectivity index (χ2n) is 2.25. The Morgan fingerprint density at radius 2 is 2.55 bits per heavy atom. The molecule has 0 amide bonds. The minimum Gasteiger partial charge on any atom is -0.497 e. The summed E-state index contributed by atoms with van der Waals surface area (Å²) in [4.78, 5) is 0. The maximum atomic E-state index is 5.05. The first-order valence-corrected chi connectivity index (χ1v) is 3.52. The molecule has 0 aliphatic carbocycles. The average Bonchev–Trinajstić information content (AvgIpc) is 2.06. The Labute approximate surface area is 67.3 Å². The molecule has 0 saturated heterocycles. The van der Waals surface area contributed by atoms with E-state index in [0.717, 1.165) is 17.7 Å². The fourth-order valence-electron chi connectivity index (χ4n) is 0.893. The monoisotopic (exact) mass is 147 g/mol. The lowest BCUT2D eigenvalue weighted by atomic mass is 10.1. The predicted molar refractivity (Wildman–Crippen MR) is 45.7 cm³/mol. The second kappa shape index (κ2) is 3.81. The molecule has 0 heterocycles. The molecule has 1 aromatic carbocycles. The summed E-state index contributed by atoms with van der Waals surface area (Å²) in [5.74, 6) is 0.876. The highest BCUT2D eigenvalue weighted by atomic mass is 16.5. The molecular weight excluding hydrogens is 136 g/mol. The highest BCUT2D eigenvalue weighted by Gasteiger charge is 1.92. The van der Waals surface area contributed by atoms with E-state index < -0.39 is 0 Å². The summed E-state index contributed by atoms with van der Waals surface area (Å²) >= 11 is 0. The summed E-state index contributed by atoms with van der Waals surface area (Å²) in [5, 5.41) is 0. The van der Waals surface area contributed by atoms with Crippen molar-refractivity contribution in [3.8, 4) is 5.75 Å². The molecule has 11 heavy (non-hydrogen) atoms. The first-order valence-electron chi connectivity index (χ1n) is 3.52. The lowest BCUT2D eigenvalue weighted by Crippen LogP contribution is -1.85. The fraction of sp³-hybridized carbons (Fsp3) is 0.200. The van der Waals surface area contributed by atoms with Crippen molar-refractivity contribution in [2.45, 2.75) is 6.42 Å². The normalized spacial score (nSPS) is 9.18. The SMILES string of the molecule is C=CCc1[c]ccc(OC)c1. The van der Waals surface area contributed by atoms with Crippen LogP contribution in [0.15, 0.2) is 30.9 Å². The standard InChI is InChI=1S/C10H11O/c1-3-5-9-6-4-7-10(8-9)11-2/h3-4,7-8H,1,5H2,2H3. The topological polar surface area (TPSA) is 9.23 Å². The Bertz CT molecular complexity index is 240. The molecule has 1 heteroatoms. The van der Waals surface area contributed by atoms with Crippen LogP contribution >= 0.6 is 0 Å². The summed E-state index contributed by atoms with van der Waals surface area (Å²) in [6.45, 7) is 3.65. The molecule has 57 valence electrons. The van der Waals surface area contributed by atoms with Crippen LogP contribution in [0.5, 0.6) is 5.75 Å². The van der Waals surface area contributed by atoms with E-state index in [-0.39, 0.29) is 0 Å². The molecule has 0 N–H and O–H groups in total. The van der Waals surface area contributed by atoms with Crippen LogP contribution in [0.25, 0.3) is 0 Å². The molecule has 1 rings (SSSR count). The van der Waals surface area contributed by atoms with E-state index in [2.05, 4.69) is 12.6 Å². The van der Waals surface area contributed by atoms with Crippen molar-refractivity contribution in [3.05, 3.63) is 42.5 Å². The van der Waals surface area contributed by atoms with Crippen molar-refractivity contribution in [1.29, 1.82) is 0 Å².